The number of hydrogen-bond acceptors (Lipinski definition) is 2. The third-order valence-electron chi connectivity index (χ3n) is 3.50. The van der Waals surface area contributed by atoms with Crippen molar-refractivity contribution >= 4 is 16.8 Å². The number of benzene rings is 2. The quantitative estimate of drug-likeness (QED) is 0.764. The second-order valence-corrected chi connectivity index (χ2v) is 5.14. The van der Waals surface area contributed by atoms with Crippen LogP contribution in [-0.4, -0.2) is 23.8 Å². The van der Waals surface area contributed by atoms with Crippen molar-refractivity contribution < 1.29 is 9.90 Å². The summed E-state index contributed by atoms with van der Waals surface area (Å²) >= 11 is 0. The number of rotatable bonds is 6. The van der Waals surface area contributed by atoms with Crippen LogP contribution in [-0.2, 0) is 6.54 Å². The Balaban J connectivity index is 1.80. The van der Waals surface area contributed by atoms with E-state index >= 15 is 0 Å². The molecule has 2 rings (SSSR count). The number of carbonyl (C=O) groups is 1. The van der Waals surface area contributed by atoms with Crippen molar-refractivity contribution in [2.75, 3.05) is 6.54 Å². The molecule has 0 bridgehead atoms. The topological polar surface area (TPSA) is 61.4 Å². The summed E-state index contributed by atoms with van der Waals surface area (Å²) in [5, 5.41) is 17.3. The molecule has 4 nitrogen and oxygen atoms in total. The molecule has 0 radical (unpaired) electrons. The summed E-state index contributed by atoms with van der Waals surface area (Å²) in [4.78, 5) is 11.6. The van der Waals surface area contributed by atoms with Crippen LogP contribution >= 0.6 is 0 Å². The summed E-state index contributed by atoms with van der Waals surface area (Å²) in [5.74, 6) is 0. The van der Waals surface area contributed by atoms with Gasteiger partial charge in [0.05, 0.1) is 6.10 Å². The van der Waals surface area contributed by atoms with Crippen LogP contribution in [0, 0.1) is 0 Å². The fourth-order valence-corrected chi connectivity index (χ4v) is 2.15. The third-order valence-corrected chi connectivity index (χ3v) is 3.50. The van der Waals surface area contributed by atoms with E-state index in [1.807, 2.05) is 25.1 Å². The van der Waals surface area contributed by atoms with Gasteiger partial charge in [0, 0.05) is 13.1 Å². The lowest BCUT2D eigenvalue weighted by Crippen LogP contribution is -2.36. The first-order valence-corrected chi connectivity index (χ1v) is 7.36. The summed E-state index contributed by atoms with van der Waals surface area (Å²) < 4.78 is 0. The standard InChI is InChI=1S/C17H22N2O2/c1-2-16(20)9-10-18-17(21)19-12-13-7-8-14-5-3-4-6-15(14)11-13/h3-8,11,16,20H,2,9-10,12H2,1H3,(H2,18,19,21). The van der Waals surface area contributed by atoms with Gasteiger partial charge in [-0.25, -0.2) is 4.79 Å². The molecule has 0 aliphatic carbocycles. The smallest absolute Gasteiger partial charge is 0.315 e. The van der Waals surface area contributed by atoms with Gasteiger partial charge in [-0.3, -0.25) is 0 Å². The summed E-state index contributed by atoms with van der Waals surface area (Å²) in [7, 11) is 0. The highest BCUT2D eigenvalue weighted by Gasteiger charge is 2.03. The average molecular weight is 286 g/mol. The van der Waals surface area contributed by atoms with Crippen LogP contribution in [0.25, 0.3) is 10.8 Å². The lowest BCUT2D eigenvalue weighted by Gasteiger charge is -2.10. The van der Waals surface area contributed by atoms with Crippen molar-refractivity contribution in [2.45, 2.75) is 32.4 Å². The van der Waals surface area contributed by atoms with Gasteiger partial charge in [-0.1, -0.05) is 43.3 Å². The largest absolute Gasteiger partial charge is 0.393 e. The Labute approximate surface area is 125 Å². The van der Waals surface area contributed by atoms with E-state index < -0.39 is 0 Å². The number of fused-ring (bicyclic) bond motifs is 1. The number of aliphatic hydroxyl groups excluding tert-OH is 1. The van der Waals surface area contributed by atoms with Gasteiger partial charge in [-0.15, -0.1) is 0 Å². The van der Waals surface area contributed by atoms with Crippen LogP contribution < -0.4 is 10.6 Å². The van der Waals surface area contributed by atoms with Crippen molar-refractivity contribution in [3.8, 4) is 0 Å². The highest BCUT2D eigenvalue weighted by atomic mass is 16.3. The molecule has 2 aromatic rings. The van der Waals surface area contributed by atoms with Crippen molar-refractivity contribution in [1.82, 2.24) is 10.6 Å². The van der Waals surface area contributed by atoms with Gasteiger partial charge in [0.2, 0.25) is 0 Å². The average Bonchev–Trinajstić information content (AvgIpc) is 2.52. The second-order valence-electron chi connectivity index (χ2n) is 5.14. The maximum Gasteiger partial charge on any atom is 0.315 e. The molecule has 4 heteroatoms. The normalized spacial score (nSPS) is 12.1. The molecular weight excluding hydrogens is 264 g/mol. The first-order chi connectivity index (χ1) is 10.2. The predicted octanol–water partition coefficient (Wildman–Crippen LogP) is 2.80. The zero-order chi connectivity index (χ0) is 15.1. The van der Waals surface area contributed by atoms with Gasteiger partial charge in [0.25, 0.3) is 0 Å². The van der Waals surface area contributed by atoms with E-state index in [0.717, 1.165) is 5.56 Å². The molecule has 3 N–H and O–H groups in total. The van der Waals surface area contributed by atoms with E-state index in [-0.39, 0.29) is 12.1 Å². The number of amides is 2. The Kier molecular flexibility index (Phi) is 5.58. The summed E-state index contributed by atoms with van der Waals surface area (Å²) in [6, 6.07) is 14.1. The van der Waals surface area contributed by atoms with Crippen LogP contribution in [0.3, 0.4) is 0 Å². The van der Waals surface area contributed by atoms with Gasteiger partial charge in [-0.2, -0.15) is 0 Å². The van der Waals surface area contributed by atoms with Crippen molar-refractivity contribution in [3.05, 3.63) is 48.0 Å². The van der Waals surface area contributed by atoms with E-state index in [9.17, 15) is 9.90 Å². The molecule has 2 aromatic carbocycles. The number of aliphatic hydroxyl groups is 1. The minimum absolute atomic E-state index is 0.202. The summed E-state index contributed by atoms with van der Waals surface area (Å²) in [6.07, 6.45) is 0.950. The molecule has 112 valence electrons. The van der Waals surface area contributed by atoms with E-state index in [0.29, 0.717) is 25.9 Å². The first kappa shape index (κ1) is 15.3. The lowest BCUT2D eigenvalue weighted by atomic mass is 10.1. The van der Waals surface area contributed by atoms with Gasteiger partial charge in [-0.05, 0) is 35.2 Å². The van der Waals surface area contributed by atoms with E-state index in [1.54, 1.807) is 0 Å². The van der Waals surface area contributed by atoms with Crippen LogP contribution in [0.5, 0.6) is 0 Å². The van der Waals surface area contributed by atoms with Crippen molar-refractivity contribution in [3.63, 3.8) is 0 Å². The zero-order valence-corrected chi connectivity index (χ0v) is 12.3. The Morgan fingerprint density at radius 3 is 2.67 bits per heavy atom. The molecule has 1 unspecified atom stereocenters. The highest BCUT2D eigenvalue weighted by molar-refractivity contribution is 5.83. The molecule has 0 heterocycles. The Bertz CT molecular complexity index is 598. The molecule has 21 heavy (non-hydrogen) atoms. The maximum atomic E-state index is 11.6. The first-order valence-electron chi connectivity index (χ1n) is 7.36. The number of urea groups is 1. The minimum atomic E-state index is -0.342. The second kappa shape index (κ2) is 7.64. The van der Waals surface area contributed by atoms with E-state index in [4.69, 9.17) is 0 Å². The fraction of sp³-hybridized carbons (Fsp3) is 0.353. The lowest BCUT2D eigenvalue weighted by molar-refractivity contribution is 0.160. The van der Waals surface area contributed by atoms with Crippen LogP contribution in [0.4, 0.5) is 4.79 Å². The number of carbonyl (C=O) groups excluding carboxylic acids is 1. The zero-order valence-electron chi connectivity index (χ0n) is 12.3. The third kappa shape index (κ3) is 4.76. The Morgan fingerprint density at radius 1 is 1.14 bits per heavy atom. The molecule has 2 amide bonds. The number of nitrogens with one attached hydrogen (secondary N) is 2. The van der Waals surface area contributed by atoms with Crippen LogP contribution in [0.1, 0.15) is 25.3 Å². The molecule has 0 aromatic heterocycles. The SMILES string of the molecule is CCC(O)CCNC(=O)NCc1ccc2ccccc2c1. The van der Waals surface area contributed by atoms with Crippen molar-refractivity contribution in [2.24, 2.45) is 0 Å². The Hall–Kier alpha value is -2.07. The summed E-state index contributed by atoms with van der Waals surface area (Å²) in [6.45, 7) is 2.90. The van der Waals surface area contributed by atoms with Crippen LogP contribution in [0.2, 0.25) is 0 Å². The minimum Gasteiger partial charge on any atom is -0.393 e. The number of hydrogen-bond donors (Lipinski definition) is 3. The molecule has 0 fully saturated rings. The van der Waals surface area contributed by atoms with E-state index in [2.05, 4.69) is 34.9 Å². The molecule has 0 saturated carbocycles. The Morgan fingerprint density at radius 2 is 1.90 bits per heavy atom. The monoisotopic (exact) mass is 286 g/mol. The van der Waals surface area contributed by atoms with Gasteiger partial charge < -0.3 is 15.7 Å². The van der Waals surface area contributed by atoms with Crippen molar-refractivity contribution in [1.29, 1.82) is 0 Å². The molecule has 0 saturated heterocycles. The molecule has 1 atom stereocenters. The fourth-order valence-electron chi connectivity index (χ4n) is 2.15. The van der Waals surface area contributed by atoms with E-state index in [1.165, 1.54) is 10.8 Å². The molecular formula is C17H22N2O2. The maximum absolute atomic E-state index is 11.6. The van der Waals surface area contributed by atoms with Gasteiger partial charge >= 0.3 is 6.03 Å². The highest BCUT2D eigenvalue weighted by Crippen LogP contribution is 2.15. The molecule has 0 aliphatic heterocycles. The van der Waals surface area contributed by atoms with Crippen LogP contribution in [0.15, 0.2) is 42.5 Å². The van der Waals surface area contributed by atoms with Gasteiger partial charge in [0.15, 0.2) is 0 Å². The van der Waals surface area contributed by atoms with Gasteiger partial charge in [0.1, 0.15) is 0 Å². The predicted molar refractivity (Wildman–Crippen MR) is 85.1 cm³/mol. The molecule has 0 spiro atoms. The molecule has 0 aliphatic rings. The summed E-state index contributed by atoms with van der Waals surface area (Å²) in [5.41, 5.74) is 1.07.